The summed E-state index contributed by atoms with van der Waals surface area (Å²) in [6.45, 7) is 1.49. The van der Waals surface area contributed by atoms with Crippen LogP contribution in [0.15, 0.2) is 23.1 Å². The Bertz CT molecular complexity index is 630. The molecule has 1 aromatic rings. The zero-order valence-electron chi connectivity index (χ0n) is 12.2. The highest BCUT2D eigenvalue weighted by atomic mass is 35.5. The van der Waals surface area contributed by atoms with E-state index in [2.05, 4.69) is 10.0 Å². The molecule has 1 unspecified atom stereocenters. The van der Waals surface area contributed by atoms with Crippen molar-refractivity contribution in [2.45, 2.75) is 23.8 Å². The number of carbonyl (C=O) groups is 1. The molecule has 0 saturated carbocycles. The van der Waals surface area contributed by atoms with Gasteiger partial charge < -0.3 is 15.8 Å². The predicted molar refractivity (Wildman–Crippen MR) is 85.0 cm³/mol. The number of nitrogens with two attached hydrogens (primary N) is 1. The van der Waals surface area contributed by atoms with Gasteiger partial charge in [-0.15, -0.1) is 12.4 Å². The summed E-state index contributed by atoms with van der Waals surface area (Å²) in [5, 5.41) is 3.14. The van der Waals surface area contributed by atoms with E-state index in [-0.39, 0.29) is 34.7 Å². The molecule has 1 atom stereocenters. The first kappa shape index (κ1) is 18.7. The lowest BCUT2D eigenvalue weighted by Gasteiger charge is -2.23. The summed E-state index contributed by atoms with van der Waals surface area (Å²) in [7, 11) is -2.30. The van der Waals surface area contributed by atoms with Crippen molar-refractivity contribution in [3.63, 3.8) is 0 Å². The molecule has 0 bridgehead atoms. The minimum Gasteiger partial charge on any atom is -0.496 e. The number of methoxy groups -OCH3 is 1. The number of piperidine rings is 1. The van der Waals surface area contributed by atoms with Gasteiger partial charge in [0.2, 0.25) is 10.0 Å². The van der Waals surface area contributed by atoms with Crippen LogP contribution in [0.4, 0.5) is 0 Å². The van der Waals surface area contributed by atoms with E-state index in [9.17, 15) is 13.2 Å². The van der Waals surface area contributed by atoms with Gasteiger partial charge in [0.15, 0.2) is 0 Å². The Morgan fingerprint density at radius 1 is 1.45 bits per heavy atom. The summed E-state index contributed by atoms with van der Waals surface area (Å²) in [5.41, 5.74) is 5.29. The Hall–Kier alpha value is -1.35. The van der Waals surface area contributed by atoms with Crippen LogP contribution in [-0.2, 0) is 10.0 Å². The van der Waals surface area contributed by atoms with E-state index in [4.69, 9.17) is 10.5 Å². The molecule has 1 aliphatic heterocycles. The molecule has 1 aliphatic rings. The quantitative estimate of drug-likeness (QED) is 0.705. The van der Waals surface area contributed by atoms with E-state index in [0.29, 0.717) is 6.54 Å². The predicted octanol–water partition coefficient (Wildman–Crippen LogP) is 0.246. The normalized spacial score (nSPS) is 18.3. The van der Waals surface area contributed by atoms with Gasteiger partial charge in [-0.25, -0.2) is 13.1 Å². The van der Waals surface area contributed by atoms with Crippen molar-refractivity contribution in [1.82, 2.24) is 10.0 Å². The van der Waals surface area contributed by atoms with Gasteiger partial charge >= 0.3 is 0 Å². The van der Waals surface area contributed by atoms with Crippen LogP contribution in [-0.4, -0.2) is 40.6 Å². The Labute approximate surface area is 136 Å². The third kappa shape index (κ3) is 4.33. The van der Waals surface area contributed by atoms with E-state index >= 15 is 0 Å². The molecule has 0 aromatic heterocycles. The van der Waals surface area contributed by atoms with E-state index in [1.54, 1.807) is 0 Å². The lowest BCUT2D eigenvalue weighted by Crippen LogP contribution is -2.45. The number of hydrogen-bond donors (Lipinski definition) is 3. The van der Waals surface area contributed by atoms with Crippen LogP contribution in [0, 0.1) is 0 Å². The van der Waals surface area contributed by atoms with Crippen LogP contribution >= 0.6 is 12.4 Å². The van der Waals surface area contributed by atoms with Gasteiger partial charge in [0.05, 0.1) is 17.6 Å². The number of sulfonamides is 1. The van der Waals surface area contributed by atoms with Crippen LogP contribution in [0.25, 0.3) is 0 Å². The standard InChI is InChI=1S/C13H19N3O4S.ClH/c1-20-12-5-4-10(7-11(12)13(14)17)21(18,19)16-9-3-2-6-15-8-9;/h4-5,7,9,15-16H,2-3,6,8H2,1H3,(H2,14,17);1H. The molecular weight excluding hydrogens is 330 g/mol. The fourth-order valence-electron chi connectivity index (χ4n) is 2.29. The molecule has 0 aliphatic carbocycles. The molecule has 124 valence electrons. The minimum atomic E-state index is -3.69. The van der Waals surface area contributed by atoms with Gasteiger partial charge in [0, 0.05) is 12.6 Å². The number of carbonyl (C=O) groups excluding carboxylic acids is 1. The van der Waals surface area contributed by atoms with Crippen molar-refractivity contribution in [3.8, 4) is 5.75 Å². The van der Waals surface area contributed by atoms with Crippen molar-refractivity contribution < 1.29 is 17.9 Å². The summed E-state index contributed by atoms with van der Waals surface area (Å²) in [5.74, 6) is -0.482. The fourth-order valence-corrected chi connectivity index (χ4v) is 3.58. The second-order valence-electron chi connectivity index (χ2n) is 4.89. The second kappa shape index (κ2) is 7.77. The Morgan fingerprint density at radius 3 is 2.73 bits per heavy atom. The van der Waals surface area contributed by atoms with Gasteiger partial charge in [0.1, 0.15) is 5.75 Å². The number of nitrogens with one attached hydrogen (secondary N) is 2. The molecule has 1 amide bonds. The topological polar surface area (TPSA) is 111 Å². The van der Waals surface area contributed by atoms with E-state index < -0.39 is 15.9 Å². The van der Waals surface area contributed by atoms with Crippen molar-refractivity contribution in [3.05, 3.63) is 23.8 Å². The lowest BCUT2D eigenvalue weighted by atomic mass is 10.1. The first-order valence-electron chi connectivity index (χ1n) is 6.65. The zero-order chi connectivity index (χ0) is 15.5. The number of primary amides is 1. The molecule has 9 heteroatoms. The van der Waals surface area contributed by atoms with Crippen molar-refractivity contribution in [1.29, 1.82) is 0 Å². The minimum absolute atomic E-state index is 0. The zero-order valence-corrected chi connectivity index (χ0v) is 13.8. The first-order valence-corrected chi connectivity index (χ1v) is 8.13. The smallest absolute Gasteiger partial charge is 0.252 e. The number of amides is 1. The maximum Gasteiger partial charge on any atom is 0.252 e. The highest BCUT2D eigenvalue weighted by Crippen LogP contribution is 2.22. The molecule has 2 rings (SSSR count). The SMILES string of the molecule is COc1ccc(S(=O)(=O)NC2CCCNC2)cc1C(N)=O.Cl. The Morgan fingerprint density at radius 2 is 2.18 bits per heavy atom. The molecule has 4 N–H and O–H groups in total. The molecule has 22 heavy (non-hydrogen) atoms. The molecule has 1 fully saturated rings. The van der Waals surface area contributed by atoms with Gasteiger partial charge in [0.25, 0.3) is 5.91 Å². The summed E-state index contributed by atoms with van der Waals surface area (Å²) in [6, 6.07) is 3.90. The molecule has 0 radical (unpaired) electrons. The molecule has 7 nitrogen and oxygen atoms in total. The Kier molecular flexibility index (Phi) is 6.61. The molecule has 1 aromatic carbocycles. The summed E-state index contributed by atoms with van der Waals surface area (Å²) < 4.78 is 32.3. The van der Waals surface area contributed by atoms with Crippen molar-refractivity contribution in [2.24, 2.45) is 5.73 Å². The number of ether oxygens (including phenoxy) is 1. The number of hydrogen-bond acceptors (Lipinski definition) is 5. The third-order valence-corrected chi connectivity index (χ3v) is 4.88. The molecule has 0 spiro atoms. The van der Waals surface area contributed by atoms with Gasteiger partial charge in [-0.05, 0) is 37.6 Å². The Balaban J connectivity index is 0.00000242. The maximum atomic E-state index is 12.3. The largest absolute Gasteiger partial charge is 0.496 e. The molecule has 1 saturated heterocycles. The summed E-state index contributed by atoms with van der Waals surface area (Å²) in [6.07, 6.45) is 1.70. The second-order valence-corrected chi connectivity index (χ2v) is 6.60. The summed E-state index contributed by atoms with van der Waals surface area (Å²) in [4.78, 5) is 11.4. The fraction of sp³-hybridized carbons (Fsp3) is 0.462. The maximum absolute atomic E-state index is 12.3. The summed E-state index contributed by atoms with van der Waals surface area (Å²) >= 11 is 0. The van der Waals surface area contributed by atoms with Crippen LogP contribution in [0.2, 0.25) is 0 Å². The lowest BCUT2D eigenvalue weighted by molar-refractivity contribution is 0.0997. The number of rotatable bonds is 5. The number of halogens is 1. The number of benzene rings is 1. The van der Waals surface area contributed by atoms with E-state index in [0.717, 1.165) is 19.4 Å². The van der Waals surface area contributed by atoms with Crippen molar-refractivity contribution in [2.75, 3.05) is 20.2 Å². The third-order valence-electron chi connectivity index (χ3n) is 3.37. The van der Waals surface area contributed by atoms with Gasteiger partial charge in [-0.1, -0.05) is 0 Å². The highest BCUT2D eigenvalue weighted by Gasteiger charge is 2.23. The highest BCUT2D eigenvalue weighted by molar-refractivity contribution is 7.89. The van der Waals surface area contributed by atoms with E-state index in [1.165, 1.54) is 25.3 Å². The monoisotopic (exact) mass is 349 g/mol. The van der Waals surface area contributed by atoms with Crippen LogP contribution in [0.1, 0.15) is 23.2 Å². The molecule has 1 heterocycles. The average Bonchev–Trinajstić information content (AvgIpc) is 2.47. The molecular formula is C13H20ClN3O4S. The average molecular weight is 350 g/mol. The van der Waals surface area contributed by atoms with Crippen molar-refractivity contribution >= 4 is 28.3 Å². The van der Waals surface area contributed by atoms with Crippen LogP contribution < -0.4 is 20.5 Å². The van der Waals surface area contributed by atoms with Gasteiger partial charge in [-0.3, -0.25) is 4.79 Å². The van der Waals surface area contributed by atoms with Crippen LogP contribution in [0.5, 0.6) is 5.75 Å². The van der Waals surface area contributed by atoms with Crippen LogP contribution in [0.3, 0.4) is 0 Å². The van der Waals surface area contributed by atoms with Gasteiger partial charge in [-0.2, -0.15) is 0 Å². The van der Waals surface area contributed by atoms with E-state index in [1.807, 2.05) is 0 Å². The first-order chi connectivity index (χ1) is 9.94.